The molecule has 0 unspecified atom stereocenters. The van der Waals surface area contributed by atoms with Crippen LogP contribution in [0.25, 0.3) is 26.5 Å². The van der Waals surface area contributed by atoms with Gasteiger partial charge in [-0.1, -0.05) is 30.0 Å². The van der Waals surface area contributed by atoms with Crippen LogP contribution in [0.5, 0.6) is 5.75 Å². The summed E-state index contributed by atoms with van der Waals surface area (Å²) in [5.74, 6) is 0.797. The van der Waals surface area contributed by atoms with Gasteiger partial charge in [-0.15, -0.1) is 11.3 Å². The average Bonchev–Trinajstić information content (AvgIpc) is 3.65. The number of aromatic nitrogens is 4. The monoisotopic (exact) mass is 547 g/mol. The predicted molar refractivity (Wildman–Crippen MR) is 148 cm³/mol. The van der Waals surface area contributed by atoms with Gasteiger partial charge >= 0.3 is 0 Å². The Morgan fingerprint density at radius 1 is 1.11 bits per heavy atom. The van der Waals surface area contributed by atoms with Crippen molar-refractivity contribution in [1.82, 2.24) is 18.9 Å². The molecule has 0 bridgehead atoms. The maximum atomic E-state index is 13.7. The Morgan fingerprint density at radius 2 is 1.92 bits per heavy atom. The van der Waals surface area contributed by atoms with E-state index in [1.165, 1.54) is 28.2 Å². The molecule has 0 aliphatic heterocycles. The third-order valence-corrected chi connectivity index (χ3v) is 8.96. The number of ether oxygens (including phenoxy) is 1. The highest BCUT2D eigenvalue weighted by Gasteiger charge is 2.24. The number of carbonyl (C=O) groups excluding carboxylic acids is 1. The summed E-state index contributed by atoms with van der Waals surface area (Å²) in [6.07, 6.45) is 2.98. The van der Waals surface area contributed by atoms with Crippen LogP contribution in [0.3, 0.4) is 0 Å². The first-order chi connectivity index (χ1) is 18.1. The number of anilines is 1. The molecular formula is C26H21N5O3S3. The fourth-order valence-corrected chi connectivity index (χ4v) is 7.09. The van der Waals surface area contributed by atoms with E-state index >= 15 is 0 Å². The Labute approximate surface area is 224 Å². The van der Waals surface area contributed by atoms with Gasteiger partial charge < -0.3 is 4.74 Å². The van der Waals surface area contributed by atoms with Gasteiger partial charge in [-0.05, 0) is 72.8 Å². The van der Waals surface area contributed by atoms with Crippen molar-refractivity contribution in [3.8, 4) is 22.0 Å². The van der Waals surface area contributed by atoms with Crippen LogP contribution >= 0.6 is 34.6 Å². The zero-order chi connectivity index (χ0) is 25.4. The fraction of sp³-hybridized carbons (Fsp3) is 0.192. The summed E-state index contributed by atoms with van der Waals surface area (Å²) in [6, 6.07) is 16.9. The summed E-state index contributed by atoms with van der Waals surface area (Å²) in [7, 11) is 1.62. The molecule has 8 nitrogen and oxygen atoms in total. The van der Waals surface area contributed by atoms with E-state index in [-0.39, 0.29) is 23.2 Å². The van der Waals surface area contributed by atoms with Crippen molar-refractivity contribution in [3.05, 3.63) is 75.4 Å². The summed E-state index contributed by atoms with van der Waals surface area (Å²) in [6.45, 7) is 0. The number of aryl methyl sites for hydroxylation is 2. The van der Waals surface area contributed by atoms with Gasteiger partial charge in [-0.25, -0.2) is 4.98 Å². The summed E-state index contributed by atoms with van der Waals surface area (Å²) in [4.78, 5) is 37.7. The first-order valence-corrected chi connectivity index (χ1v) is 14.2. The highest BCUT2D eigenvalue weighted by atomic mass is 32.2. The number of benzene rings is 2. The van der Waals surface area contributed by atoms with Gasteiger partial charge in [0.2, 0.25) is 11.9 Å². The van der Waals surface area contributed by atoms with Gasteiger partial charge in [0.05, 0.1) is 23.9 Å². The quantitative estimate of drug-likeness (QED) is 0.221. The molecule has 0 spiro atoms. The van der Waals surface area contributed by atoms with Gasteiger partial charge in [0.15, 0.2) is 5.16 Å². The highest BCUT2D eigenvalue weighted by molar-refractivity contribution is 7.99. The Bertz CT molecular complexity index is 1660. The van der Waals surface area contributed by atoms with Gasteiger partial charge in [0.25, 0.3) is 5.56 Å². The SMILES string of the molecule is COc1ccc(-c2nc(NC(=O)CSc3nc4sc5c(c4c(=O)n3-c3ccccc3)CCC5)ns2)cc1. The van der Waals surface area contributed by atoms with Crippen molar-refractivity contribution in [1.29, 1.82) is 0 Å². The lowest BCUT2D eigenvalue weighted by atomic mass is 10.2. The van der Waals surface area contributed by atoms with Crippen molar-refractivity contribution >= 4 is 56.7 Å². The molecule has 0 atom stereocenters. The van der Waals surface area contributed by atoms with E-state index in [0.717, 1.165) is 46.7 Å². The maximum Gasteiger partial charge on any atom is 0.267 e. The van der Waals surface area contributed by atoms with Crippen molar-refractivity contribution in [2.45, 2.75) is 24.4 Å². The fourth-order valence-electron chi connectivity index (χ4n) is 4.34. The zero-order valence-corrected chi connectivity index (χ0v) is 22.2. The zero-order valence-electron chi connectivity index (χ0n) is 19.8. The predicted octanol–water partition coefficient (Wildman–Crippen LogP) is 5.19. The topological polar surface area (TPSA) is 99.0 Å². The minimum atomic E-state index is -0.272. The third kappa shape index (κ3) is 4.65. The molecule has 6 rings (SSSR count). The average molecular weight is 548 g/mol. The Balaban J connectivity index is 1.23. The molecule has 1 aliphatic rings. The van der Waals surface area contributed by atoms with Crippen LogP contribution in [0.15, 0.2) is 64.5 Å². The number of nitrogens with one attached hydrogen (secondary N) is 1. The van der Waals surface area contributed by atoms with E-state index in [0.29, 0.717) is 15.6 Å². The molecule has 1 amide bonds. The summed E-state index contributed by atoms with van der Waals surface area (Å²) in [5, 5.41) is 4.66. The maximum absolute atomic E-state index is 13.7. The van der Waals surface area contributed by atoms with Crippen molar-refractivity contribution < 1.29 is 9.53 Å². The van der Waals surface area contributed by atoms with Crippen molar-refractivity contribution in [2.24, 2.45) is 0 Å². The van der Waals surface area contributed by atoms with E-state index in [2.05, 4.69) is 14.7 Å². The second-order valence-corrected chi connectivity index (χ2v) is 11.2. The minimum absolute atomic E-state index is 0.0624. The van der Waals surface area contributed by atoms with Crippen molar-refractivity contribution in [3.63, 3.8) is 0 Å². The molecule has 11 heteroatoms. The van der Waals surface area contributed by atoms with E-state index < -0.39 is 0 Å². The number of para-hydroxylation sites is 1. The standard InChI is InChI=1S/C26H21N5O3S3/c1-34-17-12-10-15(11-13-17)22-28-25(30-37-22)27-20(32)14-35-26-29-23-21(18-8-5-9-19(18)36-23)24(33)31(26)16-6-3-2-4-7-16/h2-4,6-7,10-13H,5,8-9,14H2,1H3,(H,27,30,32). The van der Waals surface area contributed by atoms with E-state index in [1.54, 1.807) is 23.0 Å². The van der Waals surface area contributed by atoms with Crippen LogP contribution in [-0.2, 0) is 17.6 Å². The molecule has 37 heavy (non-hydrogen) atoms. The highest BCUT2D eigenvalue weighted by Crippen LogP contribution is 2.36. The second-order valence-electron chi connectivity index (χ2n) is 8.40. The minimum Gasteiger partial charge on any atom is -0.497 e. The molecule has 0 radical (unpaired) electrons. The number of carbonyl (C=O) groups is 1. The molecule has 5 aromatic rings. The summed E-state index contributed by atoms with van der Waals surface area (Å²) in [5.41, 5.74) is 2.68. The lowest BCUT2D eigenvalue weighted by Crippen LogP contribution is -2.23. The molecule has 3 aromatic heterocycles. The third-order valence-electron chi connectivity index (χ3n) is 6.07. The number of hydrogen-bond donors (Lipinski definition) is 1. The van der Waals surface area contributed by atoms with Crippen LogP contribution in [0, 0.1) is 0 Å². The number of nitrogens with zero attached hydrogens (tertiary/aromatic N) is 4. The van der Waals surface area contributed by atoms with Crippen LogP contribution in [-0.4, -0.2) is 37.7 Å². The number of hydrogen-bond acceptors (Lipinski definition) is 9. The van der Waals surface area contributed by atoms with Crippen LogP contribution in [0.1, 0.15) is 16.9 Å². The lowest BCUT2D eigenvalue weighted by molar-refractivity contribution is -0.113. The van der Waals surface area contributed by atoms with Crippen molar-refractivity contribution in [2.75, 3.05) is 18.2 Å². The largest absolute Gasteiger partial charge is 0.497 e. The lowest BCUT2D eigenvalue weighted by Gasteiger charge is -2.12. The summed E-state index contributed by atoms with van der Waals surface area (Å²) >= 11 is 4.03. The van der Waals surface area contributed by atoms with Crippen LogP contribution in [0.2, 0.25) is 0 Å². The normalized spacial score (nSPS) is 12.6. The van der Waals surface area contributed by atoms with E-state index in [9.17, 15) is 9.59 Å². The van der Waals surface area contributed by atoms with E-state index in [1.807, 2.05) is 54.6 Å². The smallest absolute Gasteiger partial charge is 0.267 e. The number of thioether (sulfide) groups is 1. The van der Waals surface area contributed by atoms with Gasteiger partial charge in [-0.2, -0.15) is 9.36 Å². The number of rotatable bonds is 7. The molecule has 186 valence electrons. The van der Waals surface area contributed by atoms with Gasteiger partial charge in [0, 0.05) is 10.4 Å². The molecule has 1 aliphatic carbocycles. The molecule has 0 saturated heterocycles. The first kappa shape index (κ1) is 23.8. The Morgan fingerprint density at radius 3 is 2.70 bits per heavy atom. The molecule has 2 aromatic carbocycles. The molecule has 0 saturated carbocycles. The first-order valence-electron chi connectivity index (χ1n) is 11.6. The number of thiophene rings is 1. The number of fused-ring (bicyclic) bond motifs is 3. The Kier molecular flexibility index (Phi) is 6.49. The molecule has 0 fully saturated rings. The van der Waals surface area contributed by atoms with E-state index in [4.69, 9.17) is 9.72 Å². The Hall–Kier alpha value is -3.54. The molecule has 1 N–H and O–H groups in total. The molecule has 3 heterocycles. The van der Waals surface area contributed by atoms with Crippen LogP contribution < -0.4 is 15.6 Å². The van der Waals surface area contributed by atoms with Crippen LogP contribution in [0.4, 0.5) is 5.95 Å². The number of amides is 1. The summed E-state index contributed by atoms with van der Waals surface area (Å²) < 4.78 is 11.1. The number of methoxy groups -OCH3 is 1. The van der Waals surface area contributed by atoms with Gasteiger partial charge in [0.1, 0.15) is 15.6 Å². The van der Waals surface area contributed by atoms with Gasteiger partial charge in [-0.3, -0.25) is 19.5 Å². The molecular weight excluding hydrogens is 527 g/mol. The second kappa shape index (κ2) is 10.1.